The van der Waals surface area contributed by atoms with Crippen LogP contribution < -0.4 is 5.32 Å². The molecule has 1 rings (SSSR count). The Bertz CT molecular complexity index is 366. The third kappa shape index (κ3) is 11.5. The van der Waals surface area contributed by atoms with E-state index in [0.717, 1.165) is 45.4 Å². The molecule has 1 unspecified atom stereocenters. The van der Waals surface area contributed by atoms with Gasteiger partial charge in [0.1, 0.15) is 0 Å². The molecular formula is C21H47N3O2. The molecule has 0 spiro atoms. The Morgan fingerprint density at radius 1 is 1.08 bits per heavy atom. The maximum absolute atomic E-state index is 11.5. The lowest BCUT2D eigenvalue weighted by atomic mass is 10.0. The number of hydrogen-bond acceptors (Lipinski definition) is 3. The number of rotatable bonds is 6. The normalized spacial score (nSPS) is 15.9. The van der Waals surface area contributed by atoms with E-state index >= 15 is 0 Å². The van der Waals surface area contributed by atoms with Crippen molar-refractivity contribution in [1.82, 2.24) is 15.1 Å². The van der Waals surface area contributed by atoms with E-state index in [-0.39, 0.29) is 25.1 Å². The second kappa shape index (κ2) is 16.1. The Morgan fingerprint density at radius 2 is 1.54 bits per heavy atom. The van der Waals surface area contributed by atoms with E-state index in [4.69, 9.17) is 0 Å². The third-order valence-electron chi connectivity index (χ3n) is 4.70. The van der Waals surface area contributed by atoms with Gasteiger partial charge < -0.3 is 15.1 Å². The van der Waals surface area contributed by atoms with Crippen LogP contribution in [0, 0.1) is 11.8 Å². The molecule has 0 radical (unpaired) electrons. The summed E-state index contributed by atoms with van der Waals surface area (Å²) in [5.41, 5.74) is 0. The van der Waals surface area contributed by atoms with Crippen molar-refractivity contribution in [2.75, 3.05) is 33.2 Å². The number of carbonyl (C=O) groups excluding carboxylic acids is 2. The van der Waals surface area contributed by atoms with Crippen LogP contribution in [0.1, 0.15) is 76.1 Å². The van der Waals surface area contributed by atoms with Crippen LogP contribution in [-0.2, 0) is 9.59 Å². The third-order valence-corrected chi connectivity index (χ3v) is 4.70. The fourth-order valence-corrected chi connectivity index (χ4v) is 2.54. The van der Waals surface area contributed by atoms with E-state index in [9.17, 15) is 9.59 Å². The van der Waals surface area contributed by atoms with Gasteiger partial charge in [0.05, 0.1) is 0 Å². The molecule has 1 atom stereocenters. The molecule has 1 fully saturated rings. The lowest BCUT2D eigenvalue weighted by molar-refractivity contribution is -0.134. The molecule has 1 heterocycles. The molecule has 1 saturated heterocycles. The Balaban J connectivity index is -0.000000382. The molecule has 0 saturated carbocycles. The van der Waals surface area contributed by atoms with Gasteiger partial charge >= 0.3 is 0 Å². The largest absolute Gasteiger partial charge is 0.353 e. The topological polar surface area (TPSA) is 52.7 Å². The van der Waals surface area contributed by atoms with Gasteiger partial charge in [0.2, 0.25) is 11.8 Å². The van der Waals surface area contributed by atoms with E-state index in [2.05, 4.69) is 17.3 Å². The van der Waals surface area contributed by atoms with Gasteiger partial charge in [-0.1, -0.05) is 41.5 Å². The molecule has 1 aliphatic heterocycles. The molecule has 1 N–H and O–H groups in total. The predicted octanol–water partition coefficient (Wildman–Crippen LogP) is 4.03. The maximum atomic E-state index is 11.5. The summed E-state index contributed by atoms with van der Waals surface area (Å²) in [4.78, 5) is 27.0. The van der Waals surface area contributed by atoms with Crippen molar-refractivity contribution < 1.29 is 11.0 Å². The summed E-state index contributed by atoms with van der Waals surface area (Å²) >= 11 is 0. The first-order valence-electron chi connectivity index (χ1n) is 10.5. The monoisotopic (exact) mass is 373 g/mol. The van der Waals surface area contributed by atoms with Gasteiger partial charge in [-0.25, -0.2) is 0 Å². The fourth-order valence-electron chi connectivity index (χ4n) is 2.54. The Kier molecular flexibility index (Phi) is 16.8. The molecule has 5 heteroatoms. The quantitative estimate of drug-likeness (QED) is 0.765. The van der Waals surface area contributed by atoms with Crippen molar-refractivity contribution in [3.8, 4) is 0 Å². The van der Waals surface area contributed by atoms with E-state index in [1.165, 1.54) is 0 Å². The summed E-state index contributed by atoms with van der Waals surface area (Å²) in [6, 6.07) is 0.408. The molecule has 26 heavy (non-hydrogen) atoms. The summed E-state index contributed by atoms with van der Waals surface area (Å²) in [5, 5.41) is 3.07. The molecule has 0 aromatic heterocycles. The first kappa shape index (κ1) is 27.1. The van der Waals surface area contributed by atoms with E-state index in [1.54, 1.807) is 0 Å². The van der Waals surface area contributed by atoms with Crippen molar-refractivity contribution in [2.45, 2.75) is 80.7 Å². The highest BCUT2D eigenvalue weighted by Crippen LogP contribution is 2.09. The van der Waals surface area contributed by atoms with Gasteiger partial charge in [0.15, 0.2) is 0 Å². The fraction of sp³-hybridized carbons (Fsp3) is 0.905. The SMILES string of the molecule is CC.CC(C)C(=O)NC1CCN(C)CC1.CCC(C)C(=O)N(CC)CC.[HH]. The molecule has 158 valence electrons. The van der Waals surface area contributed by atoms with Crippen LogP contribution in [0.5, 0.6) is 0 Å². The summed E-state index contributed by atoms with van der Waals surface area (Å²) in [7, 11) is 2.13. The first-order valence-corrected chi connectivity index (χ1v) is 10.5. The van der Waals surface area contributed by atoms with Crippen LogP contribution in [0.15, 0.2) is 0 Å². The molecule has 5 nitrogen and oxygen atoms in total. The van der Waals surface area contributed by atoms with Crippen LogP contribution in [0.3, 0.4) is 0 Å². The van der Waals surface area contributed by atoms with Crippen LogP contribution in [0.25, 0.3) is 0 Å². The number of hydrogen-bond donors (Lipinski definition) is 1. The molecule has 0 aromatic carbocycles. The highest BCUT2D eigenvalue weighted by atomic mass is 16.2. The lowest BCUT2D eigenvalue weighted by Gasteiger charge is -2.29. The van der Waals surface area contributed by atoms with Crippen LogP contribution in [0.4, 0.5) is 0 Å². The molecule has 0 bridgehead atoms. The summed E-state index contributed by atoms with van der Waals surface area (Å²) in [5.74, 6) is 0.779. The Labute approximate surface area is 164 Å². The van der Waals surface area contributed by atoms with Crippen LogP contribution in [0.2, 0.25) is 0 Å². The maximum Gasteiger partial charge on any atom is 0.225 e. The zero-order valence-electron chi connectivity index (χ0n) is 18.9. The molecule has 1 aliphatic rings. The van der Waals surface area contributed by atoms with Crippen molar-refractivity contribution in [2.24, 2.45) is 11.8 Å². The van der Waals surface area contributed by atoms with Crippen LogP contribution in [-0.4, -0.2) is 60.9 Å². The minimum Gasteiger partial charge on any atom is -0.353 e. The number of nitrogens with one attached hydrogen (secondary N) is 1. The first-order chi connectivity index (χ1) is 12.3. The van der Waals surface area contributed by atoms with Gasteiger partial charge in [0.25, 0.3) is 0 Å². The lowest BCUT2D eigenvalue weighted by Crippen LogP contribution is -2.44. The summed E-state index contributed by atoms with van der Waals surface area (Å²) < 4.78 is 0. The van der Waals surface area contributed by atoms with Crippen molar-refractivity contribution in [3.05, 3.63) is 0 Å². The Morgan fingerprint density at radius 3 is 1.88 bits per heavy atom. The zero-order valence-corrected chi connectivity index (χ0v) is 18.9. The molecule has 0 aliphatic carbocycles. The highest BCUT2D eigenvalue weighted by Gasteiger charge is 2.19. The van der Waals surface area contributed by atoms with Gasteiger partial charge in [-0.05, 0) is 53.2 Å². The van der Waals surface area contributed by atoms with Crippen LogP contribution >= 0.6 is 0 Å². The zero-order chi connectivity index (χ0) is 20.7. The van der Waals surface area contributed by atoms with E-state index in [1.807, 2.05) is 60.3 Å². The smallest absolute Gasteiger partial charge is 0.225 e. The van der Waals surface area contributed by atoms with Crippen molar-refractivity contribution in [1.29, 1.82) is 0 Å². The van der Waals surface area contributed by atoms with Crippen molar-refractivity contribution >= 4 is 11.8 Å². The second-order valence-corrected chi connectivity index (χ2v) is 7.06. The van der Waals surface area contributed by atoms with Gasteiger partial charge in [-0.2, -0.15) is 0 Å². The summed E-state index contributed by atoms with van der Waals surface area (Å²) in [6.07, 6.45) is 3.12. The minimum atomic E-state index is 0. The number of carbonyl (C=O) groups is 2. The Hall–Kier alpha value is -1.10. The second-order valence-electron chi connectivity index (χ2n) is 7.06. The van der Waals surface area contributed by atoms with Gasteiger partial charge in [-0.3, -0.25) is 9.59 Å². The number of amides is 2. The molecule has 2 amide bonds. The number of piperidine rings is 1. The molecule has 0 aromatic rings. The van der Waals surface area contributed by atoms with Gasteiger partial charge in [-0.15, -0.1) is 0 Å². The standard InChI is InChI=1S/C10H20N2O.C9H19NO.C2H6.H2/c1-8(2)10(13)11-9-4-6-12(3)7-5-9;1-5-8(4)9(11)10(6-2)7-3;1-2;/h8-9H,4-7H2,1-3H3,(H,11,13);8H,5-7H2,1-4H3;1-2H3;1H. The van der Waals surface area contributed by atoms with Gasteiger partial charge in [0, 0.05) is 32.4 Å². The minimum absolute atomic E-state index is 0. The van der Waals surface area contributed by atoms with E-state index in [0.29, 0.717) is 6.04 Å². The predicted molar refractivity (Wildman–Crippen MR) is 114 cm³/mol. The number of likely N-dealkylation sites (tertiary alicyclic amines) is 1. The average molecular weight is 374 g/mol. The number of nitrogens with zero attached hydrogens (tertiary/aromatic N) is 2. The highest BCUT2D eigenvalue weighted by molar-refractivity contribution is 5.78. The summed E-state index contributed by atoms with van der Waals surface area (Å²) in [6.45, 7) is 19.8. The van der Waals surface area contributed by atoms with Crippen molar-refractivity contribution in [3.63, 3.8) is 0 Å². The van der Waals surface area contributed by atoms with E-state index < -0.39 is 0 Å². The average Bonchev–Trinajstić information content (AvgIpc) is 2.65. The molecular weight excluding hydrogens is 326 g/mol.